The molecule has 0 aromatic heterocycles. The highest BCUT2D eigenvalue weighted by molar-refractivity contribution is 5.31. The van der Waals surface area contributed by atoms with Gasteiger partial charge in [0.05, 0.1) is 6.61 Å². The van der Waals surface area contributed by atoms with E-state index in [2.05, 4.69) is 30.0 Å². The van der Waals surface area contributed by atoms with Crippen LogP contribution in [0.5, 0.6) is 0 Å². The first-order valence-electron chi connectivity index (χ1n) is 6.38. The van der Waals surface area contributed by atoms with E-state index in [9.17, 15) is 0 Å². The standard InChI is InChI=1S/C14H22N2O/c1-11-8-12(9-15)2-3-13(11)10-16(6-7-17)14-4-5-14/h2-3,8,14,17H,4-7,9-10,15H2,1H3. The summed E-state index contributed by atoms with van der Waals surface area (Å²) in [6.07, 6.45) is 2.56. The molecule has 94 valence electrons. The molecular formula is C14H22N2O. The van der Waals surface area contributed by atoms with E-state index in [1.165, 1.54) is 29.5 Å². The summed E-state index contributed by atoms with van der Waals surface area (Å²) in [5.41, 5.74) is 9.47. The lowest BCUT2D eigenvalue weighted by atomic mass is 10.0. The van der Waals surface area contributed by atoms with Gasteiger partial charge in [0.1, 0.15) is 0 Å². The Balaban J connectivity index is 2.05. The van der Waals surface area contributed by atoms with Crippen LogP contribution in [-0.2, 0) is 13.1 Å². The first-order valence-corrected chi connectivity index (χ1v) is 6.38. The summed E-state index contributed by atoms with van der Waals surface area (Å²) in [6, 6.07) is 7.13. The molecule has 1 aromatic rings. The van der Waals surface area contributed by atoms with Crippen molar-refractivity contribution in [1.29, 1.82) is 0 Å². The van der Waals surface area contributed by atoms with Crippen LogP contribution in [0.15, 0.2) is 18.2 Å². The maximum Gasteiger partial charge on any atom is 0.0558 e. The third-order valence-corrected chi connectivity index (χ3v) is 3.47. The number of hydrogen-bond acceptors (Lipinski definition) is 3. The number of nitrogens with two attached hydrogens (primary N) is 1. The lowest BCUT2D eigenvalue weighted by Gasteiger charge is -2.22. The number of hydrogen-bond donors (Lipinski definition) is 2. The van der Waals surface area contributed by atoms with Crippen LogP contribution in [0.4, 0.5) is 0 Å². The molecule has 1 saturated carbocycles. The monoisotopic (exact) mass is 234 g/mol. The van der Waals surface area contributed by atoms with Crippen LogP contribution in [0.25, 0.3) is 0 Å². The Labute approximate surface area is 103 Å². The summed E-state index contributed by atoms with van der Waals surface area (Å²) in [7, 11) is 0. The van der Waals surface area contributed by atoms with Crippen molar-refractivity contribution in [3.8, 4) is 0 Å². The highest BCUT2D eigenvalue weighted by Gasteiger charge is 2.28. The summed E-state index contributed by atoms with van der Waals surface area (Å²) < 4.78 is 0. The van der Waals surface area contributed by atoms with Gasteiger partial charge in [0.15, 0.2) is 0 Å². The maximum absolute atomic E-state index is 9.08. The van der Waals surface area contributed by atoms with Crippen molar-refractivity contribution in [2.24, 2.45) is 5.73 Å². The molecule has 3 nitrogen and oxygen atoms in total. The van der Waals surface area contributed by atoms with Crippen molar-refractivity contribution in [2.75, 3.05) is 13.2 Å². The molecule has 1 aliphatic rings. The van der Waals surface area contributed by atoms with Crippen molar-refractivity contribution >= 4 is 0 Å². The van der Waals surface area contributed by atoms with Crippen LogP contribution in [0.1, 0.15) is 29.5 Å². The molecule has 0 atom stereocenters. The molecule has 0 heterocycles. The molecule has 0 unspecified atom stereocenters. The van der Waals surface area contributed by atoms with E-state index in [1.807, 2.05) is 0 Å². The van der Waals surface area contributed by atoms with Crippen molar-refractivity contribution in [3.05, 3.63) is 34.9 Å². The van der Waals surface area contributed by atoms with Gasteiger partial charge < -0.3 is 10.8 Å². The molecule has 3 heteroatoms. The second-order valence-electron chi connectivity index (χ2n) is 4.89. The smallest absolute Gasteiger partial charge is 0.0558 e. The van der Waals surface area contributed by atoms with Gasteiger partial charge in [0, 0.05) is 25.7 Å². The second kappa shape index (κ2) is 5.63. The Hall–Kier alpha value is -0.900. The summed E-state index contributed by atoms with van der Waals surface area (Å²) in [5.74, 6) is 0. The lowest BCUT2D eigenvalue weighted by molar-refractivity contribution is 0.183. The van der Waals surface area contributed by atoms with Gasteiger partial charge in [-0.2, -0.15) is 0 Å². The van der Waals surface area contributed by atoms with Crippen LogP contribution < -0.4 is 5.73 Å². The molecule has 1 fully saturated rings. The Morgan fingerprint density at radius 3 is 2.71 bits per heavy atom. The van der Waals surface area contributed by atoms with E-state index in [0.717, 1.165) is 13.1 Å². The molecule has 1 aliphatic carbocycles. The summed E-state index contributed by atoms with van der Waals surface area (Å²) in [6.45, 7) is 4.71. The first-order chi connectivity index (χ1) is 8.24. The molecule has 0 bridgehead atoms. The fourth-order valence-electron chi connectivity index (χ4n) is 2.24. The minimum atomic E-state index is 0.246. The SMILES string of the molecule is Cc1cc(CN)ccc1CN(CCO)C1CC1. The highest BCUT2D eigenvalue weighted by atomic mass is 16.3. The third kappa shape index (κ3) is 3.28. The topological polar surface area (TPSA) is 49.5 Å². The fraction of sp³-hybridized carbons (Fsp3) is 0.571. The average molecular weight is 234 g/mol. The Bertz CT molecular complexity index is 374. The minimum Gasteiger partial charge on any atom is -0.395 e. The summed E-state index contributed by atoms with van der Waals surface area (Å²) >= 11 is 0. The van der Waals surface area contributed by atoms with Gasteiger partial charge in [-0.15, -0.1) is 0 Å². The van der Waals surface area contributed by atoms with Crippen molar-refractivity contribution in [2.45, 2.75) is 38.9 Å². The van der Waals surface area contributed by atoms with E-state index >= 15 is 0 Å². The predicted octanol–water partition coefficient (Wildman–Crippen LogP) is 1.41. The van der Waals surface area contributed by atoms with Crippen molar-refractivity contribution < 1.29 is 5.11 Å². The fourth-order valence-corrected chi connectivity index (χ4v) is 2.24. The van der Waals surface area contributed by atoms with Crippen LogP contribution in [0, 0.1) is 6.92 Å². The van der Waals surface area contributed by atoms with Gasteiger partial charge in [0.2, 0.25) is 0 Å². The normalized spacial score (nSPS) is 15.5. The van der Waals surface area contributed by atoms with Gasteiger partial charge in [-0.25, -0.2) is 0 Å². The molecule has 1 aromatic carbocycles. The number of nitrogens with zero attached hydrogens (tertiary/aromatic N) is 1. The Morgan fingerprint density at radius 1 is 1.41 bits per heavy atom. The highest BCUT2D eigenvalue weighted by Crippen LogP contribution is 2.28. The minimum absolute atomic E-state index is 0.246. The van der Waals surface area contributed by atoms with Gasteiger partial charge in [0.25, 0.3) is 0 Å². The number of rotatable bonds is 6. The molecule has 17 heavy (non-hydrogen) atoms. The zero-order chi connectivity index (χ0) is 12.3. The van der Waals surface area contributed by atoms with E-state index in [4.69, 9.17) is 10.8 Å². The number of aryl methyl sites for hydroxylation is 1. The maximum atomic E-state index is 9.08. The van der Waals surface area contributed by atoms with E-state index in [0.29, 0.717) is 12.6 Å². The van der Waals surface area contributed by atoms with Gasteiger partial charge >= 0.3 is 0 Å². The third-order valence-electron chi connectivity index (χ3n) is 3.47. The van der Waals surface area contributed by atoms with Crippen LogP contribution >= 0.6 is 0 Å². The summed E-state index contributed by atoms with van der Waals surface area (Å²) in [5, 5.41) is 9.08. The Kier molecular flexibility index (Phi) is 4.15. The first kappa shape index (κ1) is 12.6. The van der Waals surface area contributed by atoms with Gasteiger partial charge in [-0.3, -0.25) is 4.90 Å². The molecule has 0 amide bonds. The second-order valence-corrected chi connectivity index (χ2v) is 4.89. The van der Waals surface area contributed by atoms with Gasteiger partial charge in [-0.05, 0) is 36.5 Å². The number of aliphatic hydroxyl groups excluding tert-OH is 1. The molecule has 0 spiro atoms. The van der Waals surface area contributed by atoms with Crippen LogP contribution in [0.3, 0.4) is 0 Å². The number of benzene rings is 1. The largest absolute Gasteiger partial charge is 0.395 e. The quantitative estimate of drug-likeness (QED) is 0.782. The predicted molar refractivity (Wildman–Crippen MR) is 69.6 cm³/mol. The van der Waals surface area contributed by atoms with Crippen LogP contribution in [-0.4, -0.2) is 29.2 Å². The van der Waals surface area contributed by atoms with E-state index < -0.39 is 0 Å². The average Bonchev–Trinajstić information content (AvgIpc) is 3.14. The van der Waals surface area contributed by atoms with Crippen molar-refractivity contribution in [1.82, 2.24) is 4.90 Å². The van der Waals surface area contributed by atoms with Crippen LogP contribution in [0.2, 0.25) is 0 Å². The molecule has 3 N–H and O–H groups in total. The van der Waals surface area contributed by atoms with E-state index in [1.54, 1.807) is 0 Å². The van der Waals surface area contributed by atoms with Gasteiger partial charge in [-0.1, -0.05) is 18.2 Å². The lowest BCUT2D eigenvalue weighted by Crippen LogP contribution is -2.28. The van der Waals surface area contributed by atoms with Crippen molar-refractivity contribution in [3.63, 3.8) is 0 Å². The van der Waals surface area contributed by atoms with E-state index in [-0.39, 0.29) is 6.61 Å². The number of aliphatic hydroxyl groups is 1. The zero-order valence-electron chi connectivity index (χ0n) is 10.5. The zero-order valence-corrected chi connectivity index (χ0v) is 10.5. The summed E-state index contributed by atoms with van der Waals surface area (Å²) in [4.78, 5) is 2.38. The molecule has 0 aliphatic heterocycles. The molecule has 0 saturated heterocycles. The molecular weight excluding hydrogens is 212 g/mol. The molecule has 0 radical (unpaired) electrons. The molecule has 2 rings (SSSR count). The Morgan fingerprint density at radius 2 is 2.18 bits per heavy atom.